The zero-order chi connectivity index (χ0) is 19.7. The molecular formula is C19H19N3O4S2. The second-order valence-corrected chi connectivity index (χ2v) is 9.18. The second-order valence-electron chi connectivity index (χ2n) is 6.51. The number of carbonyl (C=O) groups is 1. The van der Waals surface area contributed by atoms with Gasteiger partial charge >= 0.3 is 0 Å². The number of hydrogen-bond donors (Lipinski definition) is 2. The molecule has 2 N–H and O–H groups in total. The fourth-order valence-corrected chi connectivity index (χ4v) is 4.57. The normalized spacial score (nSPS) is 13.9. The predicted octanol–water partition coefficient (Wildman–Crippen LogP) is 3.44. The number of benzene rings is 1. The first-order valence-electron chi connectivity index (χ1n) is 8.89. The van der Waals surface area contributed by atoms with Gasteiger partial charge in [-0.2, -0.15) is 0 Å². The van der Waals surface area contributed by atoms with Crippen LogP contribution in [-0.4, -0.2) is 26.4 Å². The number of nitrogens with one attached hydrogen (secondary N) is 2. The van der Waals surface area contributed by atoms with Gasteiger partial charge in [-0.05, 0) is 62.1 Å². The molecule has 146 valence electrons. The van der Waals surface area contributed by atoms with E-state index in [0.29, 0.717) is 5.13 Å². The van der Waals surface area contributed by atoms with Crippen molar-refractivity contribution in [2.75, 3.05) is 12.4 Å². The van der Waals surface area contributed by atoms with Gasteiger partial charge in [0.15, 0.2) is 10.9 Å². The van der Waals surface area contributed by atoms with Crippen molar-refractivity contribution < 1.29 is 17.6 Å². The van der Waals surface area contributed by atoms with Crippen molar-refractivity contribution in [3.8, 4) is 11.3 Å². The van der Waals surface area contributed by atoms with Crippen LogP contribution in [0.3, 0.4) is 0 Å². The molecule has 28 heavy (non-hydrogen) atoms. The van der Waals surface area contributed by atoms with Crippen LogP contribution in [0.4, 0.5) is 5.13 Å². The Bertz CT molecular complexity index is 1130. The third-order valence-corrected chi connectivity index (χ3v) is 6.75. The molecule has 1 aliphatic rings. The molecule has 3 aromatic rings. The molecule has 0 fully saturated rings. The van der Waals surface area contributed by atoms with Crippen molar-refractivity contribution in [3.05, 3.63) is 52.6 Å². The summed E-state index contributed by atoms with van der Waals surface area (Å²) in [6.07, 6.45) is 4.67. The summed E-state index contributed by atoms with van der Waals surface area (Å²) in [5.74, 6) is -0.650. The Morgan fingerprint density at radius 1 is 1.14 bits per heavy atom. The monoisotopic (exact) mass is 417 g/mol. The molecule has 0 aliphatic heterocycles. The molecule has 0 unspecified atom stereocenters. The highest BCUT2D eigenvalue weighted by atomic mass is 32.2. The van der Waals surface area contributed by atoms with Crippen LogP contribution in [0.2, 0.25) is 0 Å². The molecule has 0 saturated carbocycles. The predicted molar refractivity (Wildman–Crippen MR) is 107 cm³/mol. The third kappa shape index (κ3) is 3.73. The molecule has 9 heteroatoms. The lowest BCUT2D eigenvalue weighted by Gasteiger charge is -2.16. The molecular weight excluding hydrogens is 398 g/mol. The van der Waals surface area contributed by atoms with Crippen molar-refractivity contribution in [2.24, 2.45) is 0 Å². The molecule has 1 aromatic carbocycles. The van der Waals surface area contributed by atoms with Crippen LogP contribution in [0.25, 0.3) is 11.3 Å². The maximum absolute atomic E-state index is 12.3. The van der Waals surface area contributed by atoms with E-state index >= 15 is 0 Å². The van der Waals surface area contributed by atoms with Crippen LogP contribution in [0.1, 0.15) is 34.5 Å². The van der Waals surface area contributed by atoms with Gasteiger partial charge in [-0.15, -0.1) is 11.3 Å². The highest BCUT2D eigenvalue weighted by Crippen LogP contribution is 2.30. The SMILES string of the molecule is CNS(=O)(=O)c1ccc(C(=O)Nc2nc(-c3ccc4c(c3)CCCC4)cs2)o1. The summed E-state index contributed by atoms with van der Waals surface area (Å²) in [6, 6.07) is 8.95. The Labute approximate surface area is 166 Å². The number of rotatable bonds is 5. The van der Waals surface area contributed by atoms with E-state index in [9.17, 15) is 13.2 Å². The summed E-state index contributed by atoms with van der Waals surface area (Å²) < 4.78 is 30.7. The van der Waals surface area contributed by atoms with Crippen molar-refractivity contribution in [1.29, 1.82) is 0 Å². The average molecular weight is 418 g/mol. The van der Waals surface area contributed by atoms with Crippen LogP contribution < -0.4 is 10.0 Å². The number of sulfonamides is 1. The van der Waals surface area contributed by atoms with Gasteiger partial charge < -0.3 is 4.42 Å². The summed E-state index contributed by atoms with van der Waals surface area (Å²) in [6.45, 7) is 0. The van der Waals surface area contributed by atoms with Gasteiger partial charge in [-0.3, -0.25) is 10.1 Å². The largest absolute Gasteiger partial charge is 0.438 e. The Balaban J connectivity index is 1.50. The van der Waals surface area contributed by atoms with Crippen LogP contribution in [0.5, 0.6) is 0 Å². The number of aryl methyl sites for hydroxylation is 2. The highest BCUT2D eigenvalue weighted by molar-refractivity contribution is 7.89. The summed E-state index contributed by atoms with van der Waals surface area (Å²) in [5.41, 5.74) is 4.60. The molecule has 2 aromatic heterocycles. The molecule has 7 nitrogen and oxygen atoms in total. The van der Waals surface area contributed by atoms with Gasteiger partial charge in [0.05, 0.1) is 5.69 Å². The quantitative estimate of drug-likeness (QED) is 0.662. The number of hydrogen-bond acceptors (Lipinski definition) is 6. The van der Waals surface area contributed by atoms with E-state index in [2.05, 4.69) is 33.2 Å². The number of anilines is 1. The number of fused-ring (bicyclic) bond motifs is 1. The van der Waals surface area contributed by atoms with Gasteiger partial charge in [-0.25, -0.2) is 18.1 Å². The minimum Gasteiger partial charge on any atom is -0.438 e. The zero-order valence-corrected chi connectivity index (χ0v) is 16.8. The number of amides is 1. The van der Waals surface area contributed by atoms with Gasteiger partial charge in [0, 0.05) is 10.9 Å². The Hall–Kier alpha value is -2.49. The van der Waals surface area contributed by atoms with Gasteiger partial charge in [0.25, 0.3) is 15.9 Å². The van der Waals surface area contributed by atoms with Crippen molar-refractivity contribution >= 4 is 32.4 Å². The van der Waals surface area contributed by atoms with E-state index in [1.54, 1.807) is 0 Å². The zero-order valence-electron chi connectivity index (χ0n) is 15.2. The number of thiazole rings is 1. The van der Waals surface area contributed by atoms with Crippen LogP contribution >= 0.6 is 11.3 Å². The van der Waals surface area contributed by atoms with Crippen LogP contribution in [0.15, 0.2) is 45.2 Å². The number of carbonyl (C=O) groups excluding carboxylic acids is 1. The van der Waals surface area contributed by atoms with Crippen LogP contribution in [-0.2, 0) is 22.9 Å². The molecule has 0 radical (unpaired) electrons. The van der Waals surface area contributed by atoms with E-state index < -0.39 is 15.9 Å². The molecule has 4 rings (SSSR count). The molecule has 0 saturated heterocycles. The van der Waals surface area contributed by atoms with E-state index in [4.69, 9.17) is 4.42 Å². The van der Waals surface area contributed by atoms with E-state index in [0.717, 1.165) is 24.1 Å². The minimum absolute atomic E-state index is 0.0978. The fourth-order valence-electron chi connectivity index (χ4n) is 3.20. The average Bonchev–Trinajstić information content (AvgIpc) is 3.38. The molecule has 0 bridgehead atoms. The fraction of sp³-hybridized carbons (Fsp3) is 0.263. The molecule has 0 atom stereocenters. The molecule has 2 heterocycles. The topological polar surface area (TPSA) is 101 Å². The lowest BCUT2D eigenvalue weighted by atomic mass is 9.90. The number of aromatic nitrogens is 1. The maximum Gasteiger partial charge on any atom is 0.293 e. The Morgan fingerprint density at radius 3 is 2.71 bits per heavy atom. The lowest BCUT2D eigenvalue weighted by Crippen LogP contribution is -2.18. The molecule has 1 aliphatic carbocycles. The van der Waals surface area contributed by atoms with Gasteiger partial charge in [0.1, 0.15) is 0 Å². The standard InChI is InChI=1S/C19H19N3O4S2/c1-20-28(24,25)17-9-8-16(26-17)18(23)22-19-21-15(11-27-19)14-7-6-12-4-2-3-5-13(12)10-14/h6-11,20H,2-5H2,1H3,(H,21,22,23). The lowest BCUT2D eigenvalue weighted by molar-refractivity contribution is 0.0991. The minimum atomic E-state index is -3.73. The van der Waals surface area contributed by atoms with Crippen molar-refractivity contribution in [3.63, 3.8) is 0 Å². The smallest absolute Gasteiger partial charge is 0.293 e. The first-order chi connectivity index (χ1) is 13.5. The van der Waals surface area contributed by atoms with E-state index in [1.807, 2.05) is 5.38 Å². The van der Waals surface area contributed by atoms with Gasteiger partial charge in [-0.1, -0.05) is 12.1 Å². The van der Waals surface area contributed by atoms with E-state index in [1.165, 1.54) is 54.5 Å². The van der Waals surface area contributed by atoms with Crippen molar-refractivity contribution in [1.82, 2.24) is 9.71 Å². The van der Waals surface area contributed by atoms with Crippen molar-refractivity contribution in [2.45, 2.75) is 30.8 Å². The van der Waals surface area contributed by atoms with Crippen LogP contribution in [0, 0.1) is 0 Å². The van der Waals surface area contributed by atoms with Gasteiger partial charge in [0.2, 0.25) is 5.09 Å². The summed E-state index contributed by atoms with van der Waals surface area (Å²) in [4.78, 5) is 16.8. The molecule has 1 amide bonds. The second kappa shape index (κ2) is 7.50. The number of furan rings is 1. The summed E-state index contributed by atoms with van der Waals surface area (Å²) in [7, 11) is -2.46. The highest BCUT2D eigenvalue weighted by Gasteiger charge is 2.20. The Morgan fingerprint density at radius 2 is 1.93 bits per heavy atom. The Kier molecular flexibility index (Phi) is 5.05. The first kappa shape index (κ1) is 18.9. The third-order valence-electron chi connectivity index (χ3n) is 4.71. The first-order valence-corrected chi connectivity index (χ1v) is 11.2. The van der Waals surface area contributed by atoms with E-state index in [-0.39, 0.29) is 10.9 Å². The maximum atomic E-state index is 12.3. The summed E-state index contributed by atoms with van der Waals surface area (Å²) >= 11 is 1.31. The summed E-state index contributed by atoms with van der Waals surface area (Å²) in [5, 5.41) is 4.65. The number of nitrogens with zero attached hydrogens (tertiary/aromatic N) is 1. The molecule has 0 spiro atoms.